The highest BCUT2D eigenvalue weighted by molar-refractivity contribution is 9.10. The number of halogens is 1. The summed E-state index contributed by atoms with van der Waals surface area (Å²) in [6, 6.07) is 8.48. The molecule has 1 nitrogen and oxygen atoms in total. The van der Waals surface area contributed by atoms with Crippen LogP contribution in [0.15, 0.2) is 33.6 Å². The van der Waals surface area contributed by atoms with Crippen molar-refractivity contribution in [3.63, 3.8) is 0 Å². The summed E-state index contributed by atoms with van der Waals surface area (Å²) in [5.41, 5.74) is 0. The summed E-state index contributed by atoms with van der Waals surface area (Å²) in [4.78, 5) is 1.33. The Morgan fingerprint density at radius 1 is 1.23 bits per heavy atom. The lowest BCUT2D eigenvalue weighted by molar-refractivity contribution is 0.586. The van der Waals surface area contributed by atoms with Crippen LogP contribution in [0.5, 0.6) is 0 Å². The summed E-state index contributed by atoms with van der Waals surface area (Å²) >= 11 is 5.35. The van der Waals surface area contributed by atoms with Gasteiger partial charge in [-0.1, -0.05) is 22.0 Å². The Morgan fingerprint density at radius 3 is 2.69 bits per heavy atom. The fraction of sp³-hybridized carbons (Fsp3) is 0.400. The summed E-state index contributed by atoms with van der Waals surface area (Å²) in [6.07, 6.45) is 2.70. The summed E-state index contributed by atoms with van der Waals surface area (Å²) in [7, 11) is 0. The molecule has 13 heavy (non-hydrogen) atoms. The zero-order valence-electron chi connectivity index (χ0n) is 7.37. The van der Waals surface area contributed by atoms with Gasteiger partial charge in [0.15, 0.2) is 0 Å². The molecule has 70 valence electrons. The highest BCUT2D eigenvalue weighted by atomic mass is 79.9. The van der Waals surface area contributed by atoms with E-state index < -0.39 is 0 Å². The van der Waals surface area contributed by atoms with E-state index in [1.165, 1.54) is 30.8 Å². The lowest BCUT2D eigenvalue weighted by atomic mass is 10.4. The number of hydrogen-bond acceptors (Lipinski definition) is 2. The van der Waals surface area contributed by atoms with Gasteiger partial charge in [-0.05, 0) is 43.0 Å². The van der Waals surface area contributed by atoms with E-state index >= 15 is 0 Å². The normalized spacial score (nSPS) is 17.9. The Balaban J connectivity index is 2.00. The van der Waals surface area contributed by atoms with Gasteiger partial charge < -0.3 is 0 Å². The minimum atomic E-state index is 1.16. The third-order valence-electron chi connectivity index (χ3n) is 2.10. The Labute approximate surface area is 91.8 Å². The van der Waals surface area contributed by atoms with E-state index in [1.807, 2.05) is 11.9 Å². The van der Waals surface area contributed by atoms with E-state index in [0.717, 1.165) is 4.47 Å². The van der Waals surface area contributed by atoms with Crippen molar-refractivity contribution in [1.82, 2.24) is 4.31 Å². The first-order chi connectivity index (χ1) is 6.34. The Kier molecular flexibility index (Phi) is 3.30. The maximum atomic E-state index is 3.48. The van der Waals surface area contributed by atoms with Crippen LogP contribution in [0.25, 0.3) is 0 Å². The monoisotopic (exact) mass is 257 g/mol. The number of benzene rings is 1. The molecule has 1 fully saturated rings. The van der Waals surface area contributed by atoms with Crippen LogP contribution in [-0.4, -0.2) is 17.4 Å². The summed E-state index contributed by atoms with van der Waals surface area (Å²) in [6.45, 7) is 2.47. The van der Waals surface area contributed by atoms with Crippen LogP contribution >= 0.6 is 27.9 Å². The molecule has 0 bridgehead atoms. The molecule has 0 spiro atoms. The molecular formula is C10H12BrNS. The van der Waals surface area contributed by atoms with Crippen LogP contribution in [-0.2, 0) is 0 Å². The highest BCUT2D eigenvalue weighted by Crippen LogP contribution is 2.28. The van der Waals surface area contributed by atoms with Gasteiger partial charge in [0.05, 0.1) is 0 Å². The van der Waals surface area contributed by atoms with Crippen LogP contribution < -0.4 is 0 Å². The molecule has 0 aliphatic carbocycles. The number of nitrogens with zero attached hydrogens (tertiary/aromatic N) is 1. The van der Waals surface area contributed by atoms with Crippen LogP contribution in [0.4, 0.5) is 0 Å². The second kappa shape index (κ2) is 4.49. The Hall–Kier alpha value is 0.01000. The van der Waals surface area contributed by atoms with Gasteiger partial charge in [-0.3, -0.25) is 0 Å². The minimum absolute atomic E-state index is 1.16. The quantitative estimate of drug-likeness (QED) is 0.746. The zero-order chi connectivity index (χ0) is 9.10. The van der Waals surface area contributed by atoms with Crippen molar-refractivity contribution in [3.05, 3.63) is 28.7 Å². The summed E-state index contributed by atoms with van der Waals surface area (Å²) in [5, 5.41) is 0. The third kappa shape index (κ3) is 2.73. The first-order valence-corrected chi connectivity index (χ1v) is 6.10. The highest BCUT2D eigenvalue weighted by Gasteiger charge is 2.12. The van der Waals surface area contributed by atoms with E-state index in [0.29, 0.717) is 0 Å². The van der Waals surface area contributed by atoms with Crippen LogP contribution in [0.3, 0.4) is 0 Å². The summed E-state index contributed by atoms with van der Waals surface area (Å²) < 4.78 is 3.60. The van der Waals surface area contributed by atoms with Gasteiger partial charge in [0.1, 0.15) is 0 Å². The summed E-state index contributed by atoms with van der Waals surface area (Å²) in [5.74, 6) is 0. The van der Waals surface area contributed by atoms with Gasteiger partial charge in [-0.2, -0.15) is 0 Å². The van der Waals surface area contributed by atoms with Gasteiger partial charge in [0.2, 0.25) is 0 Å². The van der Waals surface area contributed by atoms with Gasteiger partial charge >= 0.3 is 0 Å². The van der Waals surface area contributed by atoms with E-state index in [2.05, 4.69) is 44.5 Å². The van der Waals surface area contributed by atoms with E-state index in [9.17, 15) is 0 Å². The zero-order valence-corrected chi connectivity index (χ0v) is 9.77. The molecular weight excluding hydrogens is 246 g/mol. The number of hydrogen-bond donors (Lipinski definition) is 0. The molecule has 1 heterocycles. The van der Waals surface area contributed by atoms with Crippen molar-refractivity contribution in [2.75, 3.05) is 13.1 Å². The van der Waals surface area contributed by atoms with Crippen molar-refractivity contribution in [1.29, 1.82) is 0 Å². The lowest BCUT2D eigenvalue weighted by Gasteiger charge is -2.12. The van der Waals surface area contributed by atoms with Gasteiger partial charge in [-0.25, -0.2) is 4.31 Å². The average Bonchev–Trinajstić information content (AvgIpc) is 2.57. The van der Waals surface area contributed by atoms with E-state index in [1.54, 1.807) is 0 Å². The van der Waals surface area contributed by atoms with Crippen molar-refractivity contribution < 1.29 is 0 Å². The predicted octanol–water partition coefficient (Wildman–Crippen LogP) is 3.55. The second-order valence-electron chi connectivity index (χ2n) is 3.18. The fourth-order valence-electron chi connectivity index (χ4n) is 1.45. The second-order valence-corrected chi connectivity index (χ2v) is 5.27. The molecule has 3 heteroatoms. The minimum Gasteiger partial charge on any atom is -0.246 e. The van der Waals surface area contributed by atoms with Gasteiger partial charge in [-0.15, -0.1) is 0 Å². The van der Waals surface area contributed by atoms with E-state index in [-0.39, 0.29) is 0 Å². The predicted molar refractivity (Wildman–Crippen MR) is 60.8 cm³/mol. The molecule has 0 unspecified atom stereocenters. The smallest absolute Gasteiger partial charge is 0.0241 e. The first-order valence-electron chi connectivity index (χ1n) is 4.53. The topological polar surface area (TPSA) is 3.24 Å². The largest absolute Gasteiger partial charge is 0.246 e. The molecule has 1 aliphatic rings. The molecule has 1 aliphatic heterocycles. The molecule has 1 aromatic carbocycles. The molecule has 0 N–H and O–H groups in total. The standard InChI is InChI=1S/C10H12BrNS/c11-9-4-3-5-10(8-9)13-12-6-1-2-7-12/h3-5,8H,1-2,6-7H2. The van der Waals surface area contributed by atoms with Gasteiger partial charge in [0.25, 0.3) is 0 Å². The van der Waals surface area contributed by atoms with Gasteiger partial charge in [0, 0.05) is 22.5 Å². The molecule has 0 saturated carbocycles. The molecule has 0 amide bonds. The molecule has 0 atom stereocenters. The van der Waals surface area contributed by atoms with E-state index in [4.69, 9.17) is 0 Å². The molecule has 2 rings (SSSR count). The maximum Gasteiger partial charge on any atom is 0.0241 e. The maximum absolute atomic E-state index is 3.48. The molecule has 0 aromatic heterocycles. The van der Waals surface area contributed by atoms with Crippen LogP contribution in [0.1, 0.15) is 12.8 Å². The van der Waals surface area contributed by atoms with Crippen molar-refractivity contribution in [2.45, 2.75) is 17.7 Å². The Bertz CT molecular complexity index is 284. The molecule has 0 radical (unpaired) electrons. The number of rotatable bonds is 2. The molecule has 1 aromatic rings. The van der Waals surface area contributed by atoms with Crippen LogP contribution in [0.2, 0.25) is 0 Å². The SMILES string of the molecule is Brc1cccc(SN2CCCC2)c1. The fourth-order valence-corrected chi connectivity index (χ4v) is 3.06. The third-order valence-corrected chi connectivity index (χ3v) is 3.68. The molecule has 1 saturated heterocycles. The average molecular weight is 258 g/mol. The lowest BCUT2D eigenvalue weighted by Crippen LogP contribution is -2.08. The van der Waals surface area contributed by atoms with Crippen LogP contribution in [0, 0.1) is 0 Å². The first kappa shape index (κ1) is 9.56. The van der Waals surface area contributed by atoms with Crippen molar-refractivity contribution in [2.24, 2.45) is 0 Å². The Morgan fingerprint density at radius 2 is 2.00 bits per heavy atom. The van der Waals surface area contributed by atoms with Crippen molar-refractivity contribution in [3.8, 4) is 0 Å². The van der Waals surface area contributed by atoms with Crippen molar-refractivity contribution >= 4 is 27.9 Å².